The van der Waals surface area contributed by atoms with Crippen molar-refractivity contribution in [3.8, 4) is 5.82 Å². The normalized spacial score (nSPS) is 16.8. The molecule has 2 saturated heterocycles. The van der Waals surface area contributed by atoms with Crippen molar-refractivity contribution < 1.29 is 23.0 Å². The lowest BCUT2D eigenvalue weighted by molar-refractivity contribution is 0.000827. The molecule has 4 heterocycles. The van der Waals surface area contributed by atoms with Crippen molar-refractivity contribution in [3.05, 3.63) is 36.2 Å². The number of fused-ring (bicyclic) bond motifs is 1. The molecule has 12 heteroatoms. The second kappa shape index (κ2) is 10.1. The maximum absolute atomic E-state index is 14.0. The fraction of sp³-hybridized carbons (Fsp3) is 0.520. The Hall–Kier alpha value is -3.54. The Bertz CT molecular complexity index is 1260. The summed E-state index contributed by atoms with van der Waals surface area (Å²) in [6.45, 7) is 9.53. The maximum atomic E-state index is 14.0. The van der Waals surface area contributed by atoms with Crippen LogP contribution in [0.4, 0.5) is 25.3 Å². The van der Waals surface area contributed by atoms with Crippen molar-refractivity contribution in [1.29, 1.82) is 0 Å². The Kier molecular flexibility index (Phi) is 6.84. The lowest BCUT2D eigenvalue weighted by atomic mass is 10.0. The van der Waals surface area contributed by atoms with Crippen LogP contribution < -0.4 is 10.2 Å². The minimum absolute atomic E-state index is 0.192. The van der Waals surface area contributed by atoms with E-state index in [2.05, 4.69) is 25.2 Å². The molecule has 1 amide bonds. The highest BCUT2D eigenvalue weighted by atomic mass is 19.3. The first-order chi connectivity index (χ1) is 17.7. The summed E-state index contributed by atoms with van der Waals surface area (Å²) >= 11 is 0. The second-order valence-electron chi connectivity index (χ2n) is 10.2. The number of hydrogen-bond acceptors (Lipinski definition) is 8. The number of aromatic nitrogens is 4. The average Bonchev–Trinajstić information content (AvgIpc) is 3.22. The molecule has 2 fully saturated rings. The van der Waals surface area contributed by atoms with Gasteiger partial charge in [-0.25, -0.2) is 18.6 Å². The molecule has 198 valence electrons. The van der Waals surface area contributed by atoms with Crippen LogP contribution in [0.25, 0.3) is 16.9 Å². The molecule has 37 heavy (non-hydrogen) atoms. The topological polar surface area (TPSA) is 97.6 Å². The first-order valence-electron chi connectivity index (χ1n) is 12.4. The highest BCUT2D eigenvalue weighted by Crippen LogP contribution is 2.29. The van der Waals surface area contributed by atoms with Crippen LogP contribution in [0.2, 0.25) is 0 Å². The van der Waals surface area contributed by atoms with Crippen molar-refractivity contribution in [3.63, 3.8) is 0 Å². The van der Waals surface area contributed by atoms with Gasteiger partial charge in [0.25, 0.3) is 6.43 Å². The number of amides is 1. The van der Waals surface area contributed by atoms with Crippen LogP contribution in [0.5, 0.6) is 0 Å². The highest BCUT2D eigenvalue weighted by Gasteiger charge is 2.33. The number of nitrogens with zero attached hydrogens (tertiary/aromatic N) is 6. The summed E-state index contributed by atoms with van der Waals surface area (Å²) in [4.78, 5) is 29.4. The van der Waals surface area contributed by atoms with Gasteiger partial charge in [-0.05, 0) is 32.9 Å². The molecule has 2 aromatic heterocycles. The third-order valence-corrected chi connectivity index (χ3v) is 6.20. The summed E-state index contributed by atoms with van der Waals surface area (Å²) in [7, 11) is 0. The lowest BCUT2D eigenvalue weighted by Crippen LogP contribution is -2.53. The summed E-state index contributed by atoms with van der Waals surface area (Å²) < 4.78 is 40.3. The zero-order valence-corrected chi connectivity index (χ0v) is 21.2. The maximum Gasteiger partial charge on any atom is 0.410 e. The van der Waals surface area contributed by atoms with E-state index in [0.29, 0.717) is 74.6 Å². The Morgan fingerprint density at radius 1 is 1.14 bits per heavy atom. The van der Waals surface area contributed by atoms with E-state index in [1.54, 1.807) is 35.2 Å². The largest absolute Gasteiger partial charge is 0.444 e. The van der Waals surface area contributed by atoms with Gasteiger partial charge in [-0.2, -0.15) is 9.97 Å². The SMILES string of the molecule is CC(C)(C)OC(=O)N1CC(CNc2nc(N3CCOCC3)cc(-n3c(C(F)F)nc4ccccc43)n2)C1. The van der Waals surface area contributed by atoms with Crippen LogP contribution in [0.1, 0.15) is 33.0 Å². The van der Waals surface area contributed by atoms with E-state index in [-0.39, 0.29) is 17.8 Å². The minimum atomic E-state index is -2.78. The van der Waals surface area contributed by atoms with Crippen molar-refractivity contribution in [1.82, 2.24) is 24.4 Å². The first kappa shape index (κ1) is 25.1. The Morgan fingerprint density at radius 2 is 1.84 bits per heavy atom. The van der Waals surface area contributed by atoms with Gasteiger partial charge in [0, 0.05) is 44.7 Å². The molecule has 0 bridgehead atoms. The number of imidazole rings is 1. The predicted molar refractivity (Wildman–Crippen MR) is 134 cm³/mol. The quantitative estimate of drug-likeness (QED) is 0.529. The van der Waals surface area contributed by atoms with E-state index < -0.39 is 12.0 Å². The number of carbonyl (C=O) groups excluding carboxylic acids is 1. The summed E-state index contributed by atoms with van der Waals surface area (Å²) in [5, 5.41) is 3.25. The summed E-state index contributed by atoms with van der Waals surface area (Å²) in [5.41, 5.74) is 0.469. The molecular weight excluding hydrogens is 484 g/mol. The smallest absolute Gasteiger partial charge is 0.410 e. The van der Waals surface area contributed by atoms with Crippen molar-refractivity contribution in [2.45, 2.75) is 32.8 Å². The highest BCUT2D eigenvalue weighted by molar-refractivity contribution is 5.78. The molecule has 0 aliphatic carbocycles. The Balaban J connectivity index is 1.39. The molecule has 0 atom stereocenters. The number of benzene rings is 1. The molecule has 10 nitrogen and oxygen atoms in total. The second-order valence-corrected chi connectivity index (χ2v) is 10.2. The molecule has 1 N–H and O–H groups in total. The number of carbonyl (C=O) groups is 1. The zero-order valence-electron chi connectivity index (χ0n) is 21.2. The molecule has 2 aliphatic heterocycles. The lowest BCUT2D eigenvalue weighted by Gasteiger charge is -2.39. The zero-order chi connectivity index (χ0) is 26.2. The summed E-state index contributed by atoms with van der Waals surface area (Å²) in [6.07, 6.45) is -3.11. The minimum Gasteiger partial charge on any atom is -0.444 e. The fourth-order valence-electron chi connectivity index (χ4n) is 4.41. The molecule has 3 aromatic rings. The van der Waals surface area contributed by atoms with E-state index in [0.717, 1.165) is 0 Å². The molecule has 5 rings (SSSR count). The van der Waals surface area contributed by atoms with E-state index in [4.69, 9.17) is 9.47 Å². The van der Waals surface area contributed by atoms with Crippen LogP contribution in [-0.2, 0) is 9.47 Å². The third kappa shape index (κ3) is 5.58. The van der Waals surface area contributed by atoms with E-state index in [1.807, 2.05) is 20.8 Å². The van der Waals surface area contributed by atoms with E-state index in [9.17, 15) is 13.6 Å². The number of likely N-dealkylation sites (tertiary alicyclic amines) is 1. The Morgan fingerprint density at radius 3 is 2.54 bits per heavy atom. The molecular formula is C25H31F2N7O3. The van der Waals surface area contributed by atoms with Gasteiger partial charge in [0.15, 0.2) is 5.82 Å². The predicted octanol–water partition coefficient (Wildman–Crippen LogP) is 3.87. The number of rotatable bonds is 6. The van der Waals surface area contributed by atoms with E-state index in [1.165, 1.54) is 4.57 Å². The summed E-state index contributed by atoms with van der Waals surface area (Å²) in [6, 6.07) is 8.71. The number of ether oxygens (including phenoxy) is 2. The van der Waals surface area contributed by atoms with Gasteiger partial charge in [-0.1, -0.05) is 12.1 Å². The number of hydrogen-bond donors (Lipinski definition) is 1. The molecule has 0 radical (unpaired) electrons. The van der Waals surface area contributed by atoms with Crippen molar-refractivity contribution >= 4 is 28.9 Å². The van der Waals surface area contributed by atoms with Crippen LogP contribution in [-0.4, -0.2) is 82.1 Å². The van der Waals surface area contributed by atoms with E-state index >= 15 is 0 Å². The van der Waals surface area contributed by atoms with Gasteiger partial charge in [-0.3, -0.25) is 4.57 Å². The van der Waals surface area contributed by atoms with Crippen LogP contribution >= 0.6 is 0 Å². The van der Waals surface area contributed by atoms with Gasteiger partial charge >= 0.3 is 6.09 Å². The number of halogens is 2. The fourth-order valence-corrected chi connectivity index (χ4v) is 4.41. The van der Waals surface area contributed by atoms with Crippen molar-refractivity contribution in [2.24, 2.45) is 5.92 Å². The molecule has 1 aromatic carbocycles. The molecule has 0 unspecified atom stereocenters. The Labute approximate surface area is 213 Å². The standard InChI is InChI=1S/C25H31F2N7O3/c1-25(2,3)37-24(35)33-14-16(15-33)13-28-23-30-19(32-8-10-36-11-9-32)12-20(31-23)34-18-7-5-4-6-17(18)29-22(34)21(26)27/h4-7,12,16,21H,8-11,13-15H2,1-3H3,(H,28,30,31). The van der Waals surface area contributed by atoms with Gasteiger partial charge in [0.05, 0.1) is 24.2 Å². The van der Waals surface area contributed by atoms with Gasteiger partial charge < -0.3 is 24.6 Å². The average molecular weight is 516 g/mol. The molecule has 2 aliphatic rings. The number of alkyl halides is 2. The molecule has 0 saturated carbocycles. The van der Waals surface area contributed by atoms with Crippen molar-refractivity contribution in [2.75, 3.05) is 56.2 Å². The first-order valence-corrected chi connectivity index (χ1v) is 12.4. The van der Waals surface area contributed by atoms with Crippen LogP contribution in [0, 0.1) is 5.92 Å². The van der Waals surface area contributed by atoms with Gasteiger partial charge in [0.1, 0.15) is 17.2 Å². The monoisotopic (exact) mass is 515 g/mol. The number of anilines is 2. The van der Waals surface area contributed by atoms with Crippen LogP contribution in [0.3, 0.4) is 0 Å². The third-order valence-electron chi connectivity index (χ3n) is 6.20. The molecule has 0 spiro atoms. The van der Waals surface area contributed by atoms with Crippen LogP contribution in [0.15, 0.2) is 30.3 Å². The number of morpholine rings is 1. The number of nitrogens with one attached hydrogen (secondary N) is 1. The van der Waals surface area contributed by atoms with Gasteiger partial charge in [0.2, 0.25) is 5.95 Å². The summed E-state index contributed by atoms with van der Waals surface area (Å²) in [5.74, 6) is 1.08. The van der Waals surface area contributed by atoms with Gasteiger partial charge in [-0.15, -0.1) is 0 Å². The number of para-hydroxylation sites is 2.